The van der Waals surface area contributed by atoms with Crippen LogP contribution < -0.4 is 0 Å². The van der Waals surface area contributed by atoms with Crippen LogP contribution in [0.25, 0.3) is 0 Å². The molecule has 0 radical (unpaired) electrons. The molecule has 1 N–H and O–H groups in total. The molecule has 1 aromatic heterocycles. The molecule has 2 rings (SSSR count). The topological polar surface area (TPSA) is 75.4 Å². The highest BCUT2D eigenvalue weighted by molar-refractivity contribution is 5.96. The molecule has 6 nitrogen and oxygen atoms in total. The average molecular weight is 357 g/mol. The number of aliphatic carboxylic acids is 1. The molecule has 1 aromatic carbocycles. The van der Waals surface area contributed by atoms with E-state index in [1.54, 1.807) is 6.20 Å². The fourth-order valence-electron chi connectivity index (χ4n) is 3.13. The van der Waals surface area contributed by atoms with E-state index >= 15 is 0 Å². The number of hydrogen-bond donors (Lipinski definition) is 1. The van der Waals surface area contributed by atoms with E-state index in [9.17, 15) is 14.7 Å². The molecule has 0 unspecified atom stereocenters. The van der Waals surface area contributed by atoms with Gasteiger partial charge in [0.25, 0.3) is 5.91 Å². The molecule has 6 heteroatoms. The van der Waals surface area contributed by atoms with Gasteiger partial charge in [-0.15, -0.1) is 0 Å². The third-order valence-electron chi connectivity index (χ3n) is 4.69. The number of carbonyl (C=O) groups is 2. The maximum atomic E-state index is 12.9. The first-order chi connectivity index (χ1) is 12.5. The van der Waals surface area contributed by atoms with Crippen LogP contribution in [0.2, 0.25) is 0 Å². The van der Waals surface area contributed by atoms with E-state index in [0.29, 0.717) is 18.5 Å². The number of benzene rings is 1. The van der Waals surface area contributed by atoms with Crippen LogP contribution in [0.5, 0.6) is 0 Å². The van der Waals surface area contributed by atoms with Gasteiger partial charge < -0.3 is 10.0 Å². The van der Waals surface area contributed by atoms with Gasteiger partial charge in [0, 0.05) is 12.2 Å². The number of hydrogen-bond acceptors (Lipinski definition) is 3. The number of amides is 1. The smallest absolute Gasteiger partial charge is 0.323 e. The Labute approximate surface area is 154 Å². The van der Waals surface area contributed by atoms with Crippen molar-refractivity contribution in [1.29, 1.82) is 0 Å². The van der Waals surface area contributed by atoms with Crippen LogP contribution in [0.3, 0.4) is 0 Å². The maximum Gasteiger partial charge on any atom is 0.323 e. The number of rotatable bonds is 9. The molecule has 0 aliphatic rings. The minimum Gasteiger partial charge on any atom is -0.480 e. The predicted octanol–water partition coefficient (Wildman–Crippen LogP) is 3.32. The third kappa shape index (κ3) is 4.71. The van der Waals surface area contributed by atoms with E-state index in [0.717, 1.165) is 24.1 Å². The van der Waals surface area contributed by atoms with Gasteiger partial charge in [0.1, 0.15) is 6.54 Å². The second-order valence-corrected chi connectivity index (χ2v) is 6.41. The van der Waals surface area contributed by atoms with E-state index in [1.807, 2.05) is 41.9 Å². The summed E-state index contributed by atoms with van der Waals surface area (Å²) >= 11 is 0. The minimum absolute atomic E-state index is 0.244. The Bertz CT molecular complexity index is 736. The molecule has 0 bridgehead atoms. The molecule has 2 aromatic rings. The number of nitrogens with zero attached hydrogens (tertiary/aromatic N) is 3. The highest BCUT2D eigenvalue weighted by atomic mass is 16.4. The second-order valence-electron chi connectivity index (χ2n) is 6.41. The quantitative estimate of drug-likeness (QED) is 0.747. The minimum atomic E-state index is -1.02. The van der Waals surface area contributed by atoms with E-state index in [-0.39, 0.29) is 18.5 Å². The summed E-state index contributed by atoms with van der Waals surface area (Å²) < 4.78 is 1.88. The van der Waals surface area contributed by atoms with Gasteiger partial charge in [-0.2, -0.15) is 5.10 Å². The predicted molar refractivity (Wildman–Crippen MR) is 100 cm³/mol. The van der Waals surface area contributed by atoms with Gasteiger partial charge >= 0.3 is 5.97 Å². The zero-order valence-electron chi connectivity index (χ0n) is 15.7. The van der Waals surface area contributed by atoms with Gasteiger partial charge in [-0.05, 0) is 31.7 Å². The first-order valence-electron chi connectivity index (χ1n) is 9.07. The van der Waals surface area contributed by atoms with Gasteiger partial charge in [-0.3, -0.25) is 14.3 Å². The zero-order chi connectivity index (χ0) is 19.1. The average Bonchev–Trinajstić information content (AvgIpc) is 3.01. The molecule has 1 amide bonds. The number of carboxylic acid groups (broad SMARTS) is 1. The van der Waals surface area contributed by atoms with Crippen molar-refractivity contribution in [1.82, 2.24) is 14.7 Å². The Morgan fingerprint density at radius 2 is 1.85 bits per heavy atom. The van der Waals surface area contributed by atoms with Crippen LogP contribution in [0.15, 0.2) is 36.5 Å². The fraction of sp³-hybridized carbons (Fsp3) is 0.450. The van der Waals surface area contributed by atoms with Gasteiger partial charge in [0.05, 0.1) is 17.8 Å². The Kier molecular flexibility index (Phi) is 6.95. The Morgan fingerprint density at radius 1 is 1.19 bits per heavy atom. The van der Waals surface area contributed by atoms with Crippen molar-refractivity contribution in [3.63, 3.8) is 0 Å². The summed E-state index contributed by atoms with van der Waals surface area (Å²) in [6.45, 7) is 6.08. The Morgan fingerprint density at radius 3 is 2.42 bits per heavy atom. The summed E-state index contributed by atoms with van der Waals surface area (Å²) in [5.41, 5.74) is 2.34. The summed E-state index contributed by atoms with van der Waals surface area (Å²) in [4.78, 5) is 25.6. The lowest BCUT2D eigenvalue weighted by Gasteiger charge is -2.21. The highest BCUT2D eigenvalue weighted by Crippen LogP contribution is 2.20. The molecule has 0 atom stereocenters. The first-order valence-corrected chi connectivity index (χ1v) is 9.07. The van der Waals surface area contributed by atoms with Crippen molar-refractivity contribution < 1.29 is 14.7 Å². The lowest BCUT2D eigenvalue weighted by molar-refractivity contribution is -0.137. The molecule has 0 aliphatic carbocycles. The van der Waals surface area contributed by atoms with E-state index in [2.05, 4.69) is 18.9 Å². The molecule has 26 heavy (non-hydrogen) atoms. The van der Waals surface area contributed by atoms with Crippen molar-refractivity contribution in [2.45, 2.75) is 46.1 Å². The Hall–Kier alpha value is -2.63. The summed E-state index contributed by atoms with van der Waals surface area (Å²) in [5.74, 6) is -1.30. The number of aromatic nitrogens is 2. The third-order valence-corrected chi connectivity index (χ3v) is 4.69. The van der Waals surface area contributed by atoms with E-state index in [1.165, 1.54) is 4.90 Å². The van der Waals surface area contributed by atoms with Crippen LogP contribution in [0.1, 0.15) is 54.3 Å². The largest absolute Gasteiger partial charge is 0.480 e. The maximum absolute atomic E-state index is 12.9. The number of carboxylic acids is 1. The highest BCUT2D eigenvalue weighted by Gasteiger charge is 2.24. The zero-order valence-corrected chi connectivity index (χ0v) is 15.7. The summed E-state index contributed by atoms with van der Waals surface area (Å²) in [6, 6.07) is 9.98. The van der Waals surface area contributed by atoms with E-state index in [4.69, 9.17) is 0 Å². The molecule has 1 heterocycles. The lowest BCUT2D eigenvalue weighted by atomic mass is 10.1. The lowest BCUT2D eigenvalue weighted by Crippen LogP contribution is -2.37. The van der Waals surface area contributed by atoms with Crippen molar-refractivity contribution in [2.24, 2.45) is 0 Å². The second kappa shape index (κ2) is 9.17. The van der Waals surface area contributed by atoms with Crippen LogP contribution in [-0.2, 0) is 11.2 Å². The SMILES string of the molecule is CCC(CC)n1ncc(C(=O)N(CCc2ccccc2)CC(=O)O)c1C. The molecular weight excluding hydrogens is 330 g/mol. The Balaban J connectivity index is 2.19. The van der Waals surface area contributed by atoms with Gasteiger partial charge in [-0.25, -0.2) is 0 Å². The molecule has 0 fully saturated rings. The van der Waals surface area contributed by atoms with Gasteiger partial charge in [-0.1, -0.05) is 44.2 Å². The van der Waals surface area contributed by atoms with Crippen LogP contribution >= 0.6 is 0 Å². The molecule has 0 saturated carbocycles. The normalized spacial score (nSPS) is 10.9. The summed E-state index contributed by atoms with van der Waals surface area (Å²) in [7, 11) is 0. The number of carbonyl (C=O) groups excluding carboxylic acids is 1. The molecule has 0 saturated heterocycles. The summed E-state index contributed by atoms with van der Waals surface area (Å²) in [5, 5.41) is 13.6. The van der Waals surface area contributed by atoms with Crippen LogP contribution in [0, 0.1) is 6.92 Å². The van der Waals surface area contributed by atoms with Crippen molar-refractivity contribution in [3.05, 3.63) is 53.3 Å². The molecule has 0 spiro atoms. The van der Waals surface area contributed by atoms with E-state index < -0.39 is 5.97 Å². The first kappa shape index (κ1) is 19.7. The van der Waals surface area contributed by atoms with Crippen LogP contribution in [0.4, 0.5) is 0 Å². The fourth-order valence-corrected chi connectivity index (χ4v) is 3.13. The molecule has 0 aliphatic heterocycles. The molecule has 140 valence electrons. The summed E-state index contributed by atoms with van der Waals surface area (Å²) in [6.07, 6.45) is 4.03. The monoisotopic (exact) mass is 357 g/mol. The van der Waals surface area contributed by atoms with Crippen molar-refractivity contribution >= 4 is 11.9 Å². The van der Waals surface area contributed by atoms with Gasteiger partial charge in [0.2, 0.25) is 0 Å². The van der Waals surface area contributed by atoms with Crippen LogP contribution in [-0.4, -0.2) is 44.8 Å². The van der Waals surface area contributed by atoms with Crippen molar-refractivity contribution in [3.8, 4) is 0 Å². The van der Waals surface area contributed by atoms with Gasteiger partial charge in [0.15, 0.2) is 0 Å². The standard InChI is InChI=1S/C20H27N3O3/c1-4-17(5-2)23-15(3)18(13-21-23)20(26)22(14-19(24)25)12-11-16-9-7-6-8-10-16/h6-10,13,17H,4-5,11-12,14H2,1-3H3,(H,24,25). The van der Waals surface area contributed by atoms with Crippen molar-refractivity contribution in [2.75, 3.05) is 13.1 Å². The molecular formula is C20H27N3O3.